The topological polar surface area (TPSA) is 67.4 Å². The van der Waals surface area contributed by atoms with Gasteiger partial charge in [0.2, 0.25) is 5.91 Å². The van der Waals surface area contributed by atoms with Gasteiger partial charge in [0.15, 0.2) is 0 Å². The predicted octanol–water partition coefficient (Wildman–Crippen LogP) is 3.48. The van der Waals surface area contributed by atoms with Crippen LogP contribution in [0.1, 0.15) is 22.8 Å². The van der Waals surface area contributed by atoms with Crippen molar-refractivity contribution >= 4 is 17.5 Å². The molecule has 0 saturated heterocycles. The lowest BCUT2D eigenvalue weighted by Gasteiger charge is -2.07. The van der Waals surface area contributed by atoms with Crippen molar-refractivity contribution in [3.63, 3.8) is 0 Å². The van der Waals surface area contributed by atoms with Crippen LogP contribution in [0.25, 0.3) is 0 Å². The molecular weight excluding hydrogens is 373 g/mol. The molecule has 2 N–H and O–H groups in total. The van der Waals surface area contributed by atoms with E-state index in [0.29, 0.717) is 11.4 Å². The number of hydrogen-bond donors (Lipinski definition) is 2. The molecule has 2 rings (SSSR count). The van der Waals surface area contributed by atoms with Gasteiger partial charge in [-0.25, -0.2) is 0 Å². The van der Waals surface area contributed by atoms with Gasteiger partial charge in [0, 0.05) is 24.2 Å². The summed E-state index contributed by atoms with van der Waals surface area (Å²) in [6.07, 6.45) is -4.44. The summed E-state index contributed by atoms with van der Waals surface area (Å²) in [4.78, 5) is 22.9. The van der Waals surface area contributed by atoms with Crippen LogP contribution in [0.5, 0.6) is 5.75 Å². The van der Waals surface area contributed by atoms with Crippen molar-refractivity contribution in [1.82, 2.24) is 5.32 Å². The van der Waals surface area contributed by atoms with E-state index >= 15 is 0 Å². The standard InChI is InChI=1S/C20H17F3N2O3/c1-14(26)25-17-5-4-6-18(13-17)28-12-3-2-11-24-19(27)15-7-9-16(10-8-15)20(21,22)23/h4-10,13H,11-12H2,1H3,(H,24,27)(H,25,26). The number of rotatable bonds is 5. The zero-order valence-corrected chi connectivity index (χ0v) is 14.9. The average Bonchev–Trinajstić information content (AvgIpc) is 2.63. The highest BCUT2D eigenvalue weighted by Crippen LogP contribution is 2.29. The first-order chi connectivity index (χ1) is 13.3. The first-order valence-electron chi connectivity index (χ1n) is 8.17. The van der Waals surface area contributed by atoms with Gasteiger partial charge in [0.1, 0.15) is 12.4 Å². The third-order valence-electron chi connectivity index (χ3n) is 3.40. The molecule has 0 unspecified atom stereocenters. The van der Waals surface area contributed by atoms with Crippen LogP contribution in [-0.4, -0.2) is 25.0 Å². The van der Waals surface area contributed by atoms with Crippen LogP contribution in [0, 0.1) is 11.8 Å². The molecule has 0 aliphatic carbocycles. The second-order valence-electron chi connectivity index (χ2n) is 5.61. The van der Waals surface area contributed by atoms with Gasteiger partial charge in [0.05, 0.1) is 12.1 Å². The number of alkyl halides is 3. The second kappa shape index (κ2) is 9.46. The summed E-state index contributed by atoms with van der Waals surface area (Å²) in [6.45, 7) is 1.49. The molecule has 2 aromatic rings. The summed E-state index contributed by atoms with van der Waals surface area (Å²) in [6, 6.07) is 10.7. The lowest BCUT2D eigenvalue weighted by Crippen LogP contribution is -2.23. The Morgan fingerprint density at radius 2 is 1.79 bits per heavy atom. The van der Waals surface area contributed by atoms with Crippen LogP contribution in [-0.2, 0) is 11.0 Å². The van der Waals surface area contributed by atoms with E-state index in [1.807, 2.05) is 0 Å². The minimum atomic E-state index is -4.44. The van der Waals surface area contributed by atoms with Crippen LogP contribution in [0.15, 0.2) is 48.5 Å². The molecule has 0 aliphatic rings. The third kappa shape index (κ3) is 6.68. The first-order valence-corrected chi connectivity index (χ1v) is 8.17. The van der Waals surface area contributed by atoms with E-state index in [1.54, 1.807) is 24.3 Å². The second-order valence-corrected chi connectivity index (χ2v) is 5.61. The molecule has 146 valence electrons. The van der Waals surface area contributed by atoms with Gasteiger partial charge in [0.25, 0.3) is 5.91 Å². The molecule has 0 heterocycles. The molecule has 0 aromatic heterocycles. The number of ether oxygens (including phenoxy) is 1. The SMILES string of the molecule is CC(=O)Nc1cccc(OCC#CCNC(=O)c2ccc(C(F)(F)F)cc2)c1. The molecule has 0 atom stereocenters. The molecule has 28 heavy (non-hydrogen) atoms. The zero-order chi connectivity index (χ0) is 20.6. The summed E-state index contributed by atoms with van der Waals surface area (Å²) in [5.74, 6) is 5.20. The fraction of sp³-hybridized carbons (Fsp3) is 0.200. The molecule has 0 aliphatic heterocycles. The Hall–Kier alpha value is -3.47. The number of anilines is 1. The number of halogens is 3. The molecule has 2 aromatic carbocycles. The highest BCUT2D eigenvalue weighted by Gasteiger charge is 2.30. The summed E-state index contributed by atoms with van der Waals surface area (Å²) in [5.41, 5.74) is -0.105. The maximum absolute atomic E-state index is 12.5. The van der Waals surface area contributed by atoms with E-state index in [4.69, 9.17) is 4.74 Å². The Labute approximate surface area is 159 Å². The summed E-state index contributed by atoms with van der Waals surface area (Å²) in [5, 5.41) is 5.12. The minimum Gasteiger partial charge on any atom is -0.481 e. The van der Waals surface area contributed by atoms with Crippen molar-refractivity contribution < 1.29 is 27.5 Å². The van der Waals surface area contributed by atoms with Gasteiger partial charge in [-0.3, -0.25) is 9.59 Å². The molecule has 2 amide bonds. The van der Waals surface area contributed by atoms with Gasteiger partial charge in [-0.15, -0.1) is 0 Å². The Balaban J connectivity index is 1.77. The summed E-state index contributed by atoms with van der Waals surface area (Å²) in [7, 11) is 0. The molecule has 0 spiro atoms. The van der Waals surface area contributed by atoms with E-state index in [0.717, 1.165) is 24.3 Å². The first kappa shape index (κ1) is 20.8. The lowest BCUT2D eigenvalue weighted by atomic mass is 10.1. The largest absolute Gasteiger partial charge is 0.481 e. The lowest BCUT2D eigenvalue weighted by molar-refractivity contribution is -0.137. The average molecular weight is 390 g/mol. The van der Waals surface area contributed by atoms with E-state index < -0.39 is 17.6 Å². The van der Waals surface area contributed by atoms with Crippen molar-refractivity contribution in [1.29, 1.82) is 0 Å². The van der Waals surface area contributed by atoms with E-state index in [1.165, 1.54) is 6.92 Å². The maximum Gasteiger partial charge on any atom is 0.416 e. The fourth-order valence-electron chi connectivity index (χ4n) is 2.14. The molecule has 5 nitrogen and oxygen atoms in total. The van der Waals surface area contributed by atoms with Crippen molar-refractivity contribution in [2.75, 3.05) is 18.5 Å². The Bertz CT molecular complexity index is 897. The number of hydrogen-bond acceptors (Lipinski definition) is 3. The van der Waals surface area contributed by atoms with E-state index in [9.17, 15) is 22.8 Å². The van der Waals surface area contributed by atoms with Crippen LogP contribution in [0.4, 0.5) is 18.9 Å². The number of benzene rings is 2. The van der Waals surface area contributed by atoms with Crippen LogP contribution in [0.3, 0.4) is 0 Å². The minimum absolute atomic E-state index is 0.0230. The summed E-state index contributed by atoms with van der Waals surface area (Å²) < 4.78 is 42.9. The van der Waals surface area contributed by atoms with Gasteiger partial charge < -0.3 is 15.4 Å². The van der Waals surface area contributed by atoms with Crippen LogP contribution in [0.2, 0.25) is 0 Å². The van der Waals surface area contributed by atoms with Gasteiger partial charge >= 0.3 is 6.18 Å². The van der Waals surface area contributed by atoms with Gasteiger partial charge in [-0.2, -0.15) is 13.2 Å². The smallest absolute Gasteiger partial charge is 0.416 e. The number of carbonyl (C=O) groups is 2. The molecule has 0 saturated carbocycles. The quantitative estimate of drug-likeness (QED) is 0.769. The van der Waals surface area contributed by atoms with Gasteiger partial charge in [-0.1, -0.05) is 17.9 Å². The molecule has 8 heteroatoms. The third-order valence-corrected chi connectivity index (χ3v) is 3.40. The molecular formula is C20H17F3N2O3. The summed E-state index contributed by atoms with van der Waals surface area (Å²) >= 11 is 0. The maximum atomic E-state index is 12.5. The molecule has 0 fully saturated rings. The Kier molecular flexibility index (Phi) is 7.04. The van der Waals surface area contributed by atoms with Crippen molar-refractivity contribution in [3.8, 4) is 17.6 Å². The van der Waals surface area contributed by atoms with Crippen molar-refractivity contribution in [3.05, 3.63) is 59.7 Å². The highest BCUT2D eigenvalue weighted by molar-refractivity contribution is 5.94. The number of carbonyl (C=O) groups excluding carboxylic acids is 2. The van der Waals surface area contributed by atoms with Crippen LogP contribution >= 0.6 is 0 Å². The highest BCUT2D eigenvalue weighted by atomic mass is 19.4. The fourth-order valence-corrected chi connectivity index (χ4v) is 2.14. The van der Waals surface area contributed by atoms with Gasteiger partial charge in [-0.05, 0) is 36.4 Å². The Morgan fingerprint density at radius 3 is 2.43 bits per heavy atom. The van der Waals surface area contributed by atoms with Crippen LogP contribution < -0.4 is 15.4 Å². The number of amides is 2. The zero-order valence-electron chi connectivity index (χ0n) is 14.9. The Morgan fingerprint density at radius 1 is 1.07 bits per heavy atom. The van der Waals surface area contributed by atoms with E-state index in [-0.39, 0.29) is 24.6 Å². The monoisotopic (exact) mass is 390 g/mol. The predicted molar refractivity (Wildman–Crippen MR) is 97.8 cm³/mol. The van der Waals surface area contributed by atoms with Crippen molar-refractivity contribution in [2.45, 2.75) is 13.1 Å². The molecule has 0 radical (unpaired) electrons. The number of nitrogens with one attached hydrogen (secondary N) is 2. The van der Waals surface area contributed by atoms with E-state index in [2.05, 4.69) is 22.5 Å². The normalized spacial score (nSPS) is 10.4. The van der Waals surface area contributed by atoms with Crippen molar-refractivity contribution in [2.24, 2.45) is 0 Å². The molecule has 0 bridgehead atoms.